The van der Waals surface area contributed by atoms with Crippen LogP contribution in [0.4, 0.5) is 5.69 Å². The average molecular weight is 1110 g/mol. The molecular weight excluding hydrogens is 1040 g/mol. The number of anilines is 1. The molecule has 19 atom stereocenters. The molecule has 76 heavy (non-hydrogen) atoms. The highest BCUT2D eigenvalue weighted by Crippen LogP contribution is 2.57. The number of carbonyl (C=O) groups is 1. The maximum absolute atomic E-state index is 13.6. The lowest BCUT2D eigenvalue weighted by atomic mass is 9.77. The van der Waals surface area contributed by atoms with Gasteiger partial charge in [0.1, 0.15) is 65.7 Å². The number of rotatable bonds is 20. The number of hydrogen-bond acceptors (Lipinski definition) is 25. The van der Waals surface area contributed by atoms with Crippen molar-refractivity contribution in [2.75, 3.05) is 43.1 Å². The maximum atomic E-state index is 13.6. The first-order valence-corrected chi connectivity index (χ1v) is 26.5. The summed E-state index contributed by atoms with van der Waals surface area (Å²) in [6, 6.07) is 12.1. The van der Waals surface area contributed by atoms with Crippen LogP contribution in [0.2, 0.25) is 0 Å². The molecule has 3 saturated heterocycles. The summed E-state index contributed by atoms with van der Waals surface area (Å²) < 4.78 is 49.0. The molecule has 1 saturated carbocycles. The number of hydrogen-bond donors (Lipinski definition) is 16. The highest BCUT2D eigenvalue weighted by atomic mass is 32.2. The van der Waals surface area contributed by atoms with Crippen molar-refractivity contribution in [1.82, 2.24) is 5.32 Å². The number of esters is 1. The van der Waals surface area contributed by atoms with Crippen molar-refractivity contribution in [2.45, 2.75) is 141 Å². The van der Waals surface area contributed by atoms with Crippen LogP contribution in [0.5, 0.6) is 23.0 Å². The molecule has 0 amide bonds. The smallest absolute Gasteiger partial charge is 0.314 e. The molecule has 4 fully saturated rings. The van der Waals surface area contributed by atoms with Crippen LogP contribution in [-0.2, 0) is 43.6 Å². The highest BCUT2D eigenvalue weighted by molar-refractivity contribution is 7.99. The molecule has 420 valence electrons. The van der Waals surface area contributed by atoms with Crippen molar-refractivity contribution in [3.05, 3.63) is 77.4 Å². The van der Waals surface area contributed by atoms with Crippen molar-refractivity contribution in [3.63, 3.8) is 0 Å². The molecule has 22 N–H and O–H groups in total. The molecule has 8 rings (SSSR count). The number of nitrogens with two attached hydrogens (primary N) is 6. The van der Waals surface area contributed by atoms with Gasteiger partial charge in [0.05, 0.1) is 49.0 Å². The Labute approximate surface area is 447 Å². The van der Waals surface area contributed by atoms with E-state index in [0.29, 0.717) is 51.3 Å². The van der Waals surface area contributed by atoms with Crippen LogP contribution in [-0.4, -0.2) is 200 Å². The van der Waals surface area contributed by atoms with Gasteiger partial charge in [-0.25, -0.2) is 0 Å². The molecular formula is C49H70N8O17S2. The van der Waals surface area contributed by atoms with E-state index >= 15 is 0 Å². The molecule has 4 heterocycles. The molecule has 0 bridgehead atoms. The lowest BCUT2D eigenvalue weighted by Gasteiger charge is -2.45. The summed E-state index contributed by atoms with van der Waals surface area (Å²) in [6.07, 6.45) is -17.9. The van der Waals surface area contributed by atoms with Crippen LogP contribution < -0.4 is 49.8 Å². The molecule has 27 heteroatoms. The normalized spacial score (nSPS) is 33.3. The summed E-state index contributed by atoms with van der Waals surface area (Å²) in [5.41, 5.74) is 38.1. The first-order valence-electron chi connectivity index (χ1n) is 24.9. The summed E-state index contributed by atoms with van der Waals surface area (Å²) in [5.74, 6) is 0.0533. The Kier molecular flexibility index (Phi) is 19.0. The zero-order valence-electron chi connectivity index (χ0n) is 41.4. The van der Waals surface area contributed by atoms with Crippen LogP contribution >= 0.6 is 24.0 Å². The minimum absolute atomic E-state index is 0.0331. The fourth-order valence-corrected chi connectivity index (χ4v) is 11.2. The standard InChI is InChI=1S/C49H70N8O17S2/c1-20(59)33(16-50)68-45(30(54)18-58)71-41-29(53)14-28(52)37(62)43(41)73-47-40(65)42(72-46-36(55)39(64)38(63)34(17-51)69-46)35(70-47)19-76-11-10-56-48(75)57-22-4-2-21(3-5-22)25-15-49(74-44(25)66)26-8-6-23(60)12-31(26)67-32-13-24(61)7-9-27(32)49/h2-9,12-13,20,25,28-30,33-43,45-47,58-65H,10-11,14-19,50-55H2,1H3,(H2,56,57,75)/t20-,25?,28?,29?,30-,33?,34-,35?,36?,37?,38?,39?,40?,41?,42?,43?,45?,46+,47?/m0/s1. The lowest BCUT2D eigenvalue weighted by Crippen LogP contribution is -2.65. The van der Waals surface area contributed by atoms with E-state index in [1.54, 1.807) is 36.4 Å². The number of benzene rings is 3. The van der Waals surface area contributed by atoms with E-state index in [2.05, 4.69) is 10.6 Å². The van der Waals surface area contributed by atoms with Gasteiger partial charge in [-0.3, -0.25) is 4.79 Å². The fraction of sp³-hybridized carbons (Fsp3) is 0.592. The van der Waals surface area contributed by atoms with Crippen LogP contribution in [0.25, 0.3) is 0 Å². The Morgan fingerprint density at radius 1 is 0.855 bits per heavy atom. The third kappa shape index (κ3) is 12.3. The summed E-state index contributed by atoms with van der Waals surface area (Å²) in [7, 11) is 0. The van der Waals surface area contributed by atoms with Crippen LogP contribution in [0.3, 0.4) is 0 Å². The predicted molar refractivity (Wildman–Crippen MR) is 277 cm³/mol. The SMILES string of the molecule is C[C@H](O)C(CN)OC(OC1C(N)CC(N)C(O)C1OC1OC(CSCCNC(=S)Nc2ccc(C3CC4(OC3=O)c3ccc(O)cc3Oc3cc(O)ccc34)cc2)C(O[C@H]2O[C@@H](CN)C(O)C(O)C2N)C1O)[C@@H](N)CO. The minimum Gasteiger partial charge on any atom is -0.508 e. The largest absolute Gasteiger partial charge is 0.508 e. The van der Waals surface area contributed by atoms with Crippen LogP contribution in [0, 0.1) is 0 Å². The first-order chi connectivity index (χ1) is 36.3. The van der Waals surface area contributed by atoms with Crippen molar-refractivity contribution < 1.29 is 83.5 Å². The molecule has 15 unspecified atom stereocenters. The molecule has 1 spiro atoms. The number of ether oxygens (including phenoxy) is 8. The number of thiocarbonyl (C=S) groups is 1. The number of aliphatic hydroxyl groups excluding tert-OH is 6. The second kappa shape index (κ2) is 24.9. The molecule has 4 aliphatic heterocycles. The van der Waals surface area contributed by atoms with Gasteiger partial charge in [0.15, 0.2) is 29.6 Å². The Balaban J connectivity index is 0.898. The zero-order chi connectivity index (χ0) is 54.7. The van der Waals surface area contributed by atoms with E-state index < -0.39 is 134 Å². The third-order valence-corrected chi connectivity index (χ3v) is 15.6. The number of carbonyl (C=O) groups excluding carboxylic acids is 1. The van der Waals surface area contributed by atoms with Crippen molar-refractivity contribution in [3.8, 4) is 23.0 Å². The Bertz CT molecular complexity index is 2400. The molecule has 25 nitrogen and oxygen atoms in total. The summed E-state index contributed by atoms with van der Waals surface area (Å²) in [6.45, 7) is 0.876. The van der Waals surface area contributed by atoms with Gasteiger partial charge in [-0.2, -0.15) is 11.8 Å². The van der Waals surface area contributed by atoms with Crippen LogP contribution in [0.15, 0.2) is 60.7 Å². The summed E-state index contributed by atoms with van der Waals surface area (Å²) in [5, 5.41) is 91.8. The maximum Gasteiger partial charge on any atom is 0.314 e. The number of aliphatic hydroxyl groups is 6. The van der Waals surface area contributed by atoms with Gasteiger partial charge in [0.2, 0.25) is 0 Å². The molecule has 0 aromatic heterocycles. The molecule has 3 aromatic rings. The Hall–Kier alpha value is -4.15. The van der Waals surface area contributed by atoms with E-state index in [9.17, 15) is 45.6 Å². The minimum atomic E-state index is -1.60. The van der Waals surface area contributed by atoms with Crippen molar-refractivity contribution in [1.29, 1.82) is 0 Å². The molecule has 1 aliphatic carbocycles. The number of phenolic OH excluding ortho intramolecular Hbond substituents is 2. The van der Waals surface area contributed by atoms with E-state index in [1.165, 1.54) is 43.0 Å². The Morgan fingerprint density at radius 3 is 2.12 bits per heavy atom. The van der Waals surface area contributed by atoms with Gasteiger partial charge in [-0.15, -0.1) is 0 Å². The van der Waals surface area contributed by atoms with Gasteiger partial charge in [0, 0.05) is 78.6 Å². The van der Waals surface area contributed by atoms with E-state index in [4.69, 9.17) is 84.5 Å². The number of nitrogens with one attached hydrogen (secondary N) is 2. The fourth-order valence-electron chi connectivity index (χ4n) is 10.1. The second-order valence-electron chi connectivity index (χ2n) is 19.6. The predicted octanol–water partition coefficient (Wildman–Crippen LogP) is -3.04. The highest BCUT2D eigenvalue weighted by Gasteiger charge is 2.56. The van der Waals surface area contributed by atoms with E-state index in [-0.39, 0.29) is 43.2 Å². The van der Waals surface area contributed by atoms with Gasteiger partial charge in [-0.05, 0) is 67.5 Å². The van der Waals surface area contributed by atoms with Crippen LogP contribution in [0.1, 0.15) is 42.4 Å². The van der Waals surface area contributed by atoms with Crippen molar-refractivity contribution in [2.24, 2.45) is 34.4 Å². The topological polar surface area (TPSA) is 433 Å². The number of aromatic hydroxyl groups is 2. The molecule has 0 radical (unpaired) electrons. The van der Waals surface area contributed by atoms with Gasteiger partial charge >= 0.3 is 5.97 Å². The number of phenols is 2. The second-order valence-corrected chi connectivity index (χ2v) is 21.2. The average Bonchev–Trinajstić information content (AvgIpc) is 3.88. The Morgan fingerprint density at radius 2 is 1.50 bits per heavy atom. The van der Waals surface area contributed by atoms with Gasteiger partial charge in [0.25, 0.3) is 0 Å². The molecule has 3 aromatic carbocycles. The van der Waals surface area contributed by atoms with Crippen molar-refractivity contribution >= 4 is 40.7 Å². The summed E-state index contributed by atoms with van der Waals surface area (Å²) >= 11 is 6.99. The number of fused-ring (bicyclic) bond motifs is 4. The van der Waals surface area contributed by atoms with E-state index in [0.717, 1.165) is 0 Å². The third-order valence-electron chi connectivity index (χ3n) is 14.3. The lowest BCUT2D eigenvalue weighted by molar-refractivity contribution is -0.287. The quantitative estimate of drug-likeness (QED) is 0.0231. The number of thioether (sulfide) groups is 1. The van der Waals surface area contributed by atoms with Gasteiger partial charge < -0.3 is 124 Å². The monoisotopic (exact) mass is 1110 g/mol. The van der Waals surface area contributed by atoms with Gasteiger partial charge in [-0.1, -0.05) is 12.1 Å². The summed E-state index contributed by atoms with van der Waals surface area (Å²) in [4.78, 5) is 13.6. The molecule has 5 aliphatic rings. The first kappa shape index (κ1) is 58.0. The zero-order valence-corrected chi connectivity index (χ0v) is 43.1. The van der Waals surface area contributed by atoms with E-state index in [1.807, 2.05) is 0 Å².